The summed E-state index contributed by atoms with van der Waals surface area (Å²) in [6, 6.07) is 9.85. The van der Waals surface area contributed by atoms with Crippen molar-refractivity contribution in [3.63, 3.8) is 0 Å². The smallest absolute Gasteiger partial charge is 0.124 e. The van der Waals surface area contributed by atoms with Crippen LogP contribution in [0.1, 0.15) is 16.5 Å². The van der Waals surface area contributed by atoms with Gasteiger partial charge in [0.25, 0.3) is 0 Å². The molecule has 1 heterocycles. The molecule has 3 N–H and O–H groups in total. The lowest BCUT2D eigenvalue weighted by Crippen LogP contribution is -2.28. The zero-order valence-electron chi connectivity index (χ0n) is 11.1. The maximum absolute atomic E-state index is 5.76. The third-order valence-electron chi connectivity index (χ3n) is 2.81. The van der Waals surface area contributed by atoms with Crippen LogP contribution in [-0.2, 0) is 4.74 Å². The van der Waals surface area contributed by atoms with E-state index >= 15 is 0 Å². The normalized spacial score (nSPS) is 12.3. The van der Waals surface area contributed by atoms with Gasteiger partial charge in [0.1, 0.15) is 12.4 Å². The highest BCUT2D eigenvalue weighted by Crippen LogP contribution is 2.34. The lowest BCUT2D eigenvalue weighted by atomic mass is 10.0. The number of nitrogens with two attached hydrogens (primary N) is 1. The van der Waals surface area contributed by atoms with Crippen LogP contribution < -0.4 is 16.0 Å². The van der Waals surface area contributed by atoms with Gasteiger partial charge >= 0.3 is 0 Å². The van der Waals surface area contributed by atoms with Gasteiger partial charge in [-0.05, 0) is 28.1 Å². The van der Waals surface area contributed by atoms with Crippen LogP contribution in [0.3, 0.4) is 0 Å². The fraction of sp³-hybridized carbons (Fsp3) is 0.286. The zero-order valence-corrected chi connectivity index (χ0v) is 13.5. The van der Waals surface area contributed by atoms with E-state index in [-0.39, 0.29) is 6.04 Å². The van der Waals surface area contributed by atoms with Crippen molar-refractivity contribution < 1.29 is 9.47 Å². The summed E-state index contributed by atoms with van der Waals surface area (Å²) in [6.45, 7) is 1.07. The molecule has 0 radical (unpaired) electrons. The lowest BCUT2D eigenvalue weighted by molar-refractivity contribution is 0.145. The van der Waals surface area contributed by atoms with E-state index in [4.69, 9.17) is 15.3 Å². The minimum atomic E-state index is -0.0926. The van der Waals surface area contributed by atoms with E-state index in [1.807, 2.05) is 29.6 Å². The van der Waals surface area contributed by atoms with E-state index in [0.717, 1.165) is 20.7 Å². The van der Waals surface area contributed by atoms with Gasteiger partial charge in [-0.15, -0.1) is 11.3 Å². The average Bonchev–Trinajstić information content (AvgIpc) is 2.88. The highest BCUT2D eigenvalue weighted by atomic mass is 79.9. The van der Waals surface area contributed by atoms with Gasteiger partial charge in [0.05, 0.1) is 12.6 Å². The first-order valence-corrected chi connectivity index (χ1v) is 7.84. The molecule has 1 aromatic carbocycles. The summed E-state index contributed by atoms with van der Waals surface area (Å²) in [5, 5.41) is 2.04. The quantitative estimate of drug-likeness (QED) is 0.454. The average molecular weight is 357 g/mol. The van der Waals surface area contributed by atoms with E-state index in [9.17, 15) is 0 Å². The number of halogens is 1. The molecule has 1 unspecified atom stereocenters. The highest BCUT2D eigenvalue weighted by molar-refractivity contribution is 9.10. The van der Waals surface area contributed by atoms with E-state index in [2.05, 4.69) is 27.4 Å². The molecule has 2 rings (SSSR count). The molecule has 0 bridgehead atoms. The van der Waals surface area contributed by atoms with Crippen LogP contribution in [0.5, 0.6) is 5.75 Å². The molecule has 0 amide bonds. The molecule has 0 aliphatic rings. The Labute approximate surface area is 131 Å². The Hall–Kier alpha value is -0.920. The number of para-hydroxylation sites is 1. The lowest BCUT2D eigenvalue weighted by Gasteiger charge is -2.18. The van der Waals surface area contributed by atoms with Crippen LogP contribution in [0.25, 0.3) is 0 Å². The van der Waals surface area contributed by atoms with Crippen molar-refractivity contribution in [3.8, 4) is 5.75 Å². The fourth-order valence-electron chi connectivity index (χ4n) is 1.89. The third-order valence-corrected chi connectivity index (χ3v) is 4.57. The molecule has 2 aromatic rings. The number of hydrogen-bond donors (Lipinski definition) is 2. The van der Waals surface area contributed by atoms with Crippen molar-refractivity contribution in [3.05, 3.63) is 50.6 Å². The van der Waals surface area contributed by atoms with Crippen molar-refractivity contribution in [2.45, 2.75) is 6.04 Å². The predicted octanol–water partition coefficient (Wildman–Crippen LogP) is 3.09. The number of ether oxygens (including phenoxy) is 2. The first-order valence-electron chi connectivity index (χ1n) is 6.17. The summed E-state index contributed by atoms with van der Waals surface area (Å²) in [4.78, 5) is 1.13. The standard InChI is InChI=1S/C14H17BrN2O2S/c1-18-6-7-19-12-5-3-2-4-11(12)14(17-16)13-8-10(15)9-20-13/h2-5,8-9,14,17H,6-7,16H2,1H3. The molecule has 0 aliphatic heterocycles. The van der Waals surface area contributed by atoms with E-state index < -0.39 is 0 Å². The molecule has 0 aliphatic carbocycles. The summed E-state index contributed by atoms with van der Waals surface area (Å²) < 4.78 is 11.8. The number of nitrogens with one attached hydrogen (secondary N) is 1. The second-order valence-electron chi connectivity index (χ2n) is 4.15. The second kappa shape index (κ2) is 7.75. The maximum Gasteiger partial charge on any atom is 0.124 e. The van der Waals surface area contributed by atoms with Crippen LogP contribution in [0.2, 0.25) is 0 Å². The van der Waals surface area contributed by atoms with Gasteiger partial charge < -0.3 is 9.47 Å². The maximum atomic E-state index is 5.76. The zero-order chi connectivity index (χ0) is 14.4. The molecule has 1 atom stereocenters. The summed E-state index contributed by atoms with van der Waals surface area (Å²) in [6.07, 6.45) is 0. The molecule has 0 fully saturated rings. The van der Waals surface area contributed by atoms with Crippen LogP contribution in [0.15, 0.2) is 40.2 Å². The third kappa shape index (κ3) is 3.80. The Bertz CT molecular complexity index is 547. The van der Waals surface area contributed by atoms with Crippen LogP contribution >= 0.6 is 27.3 Å². The van der Waals surface area contributed by atoms with Gasteiger partial charge in [-0.3, -0.25) is 5.84 Å². The van der Waals surface area contributed by atoms with Gasteiger partial charge in [0.2, 0.25) is 0 Å². The van der Waals surface area contributed by atoms with E-state index in [0.29, 0.717) is 13.2 Å². The molecule has 0 saturated carbocycles. The summed E-state index contributed by atoms with van der Waals surface area (Å²) in [7, 11) is 1.66. The van der Waals surface area contributed by atoms with Crippen molar-refractivity contribution in [1.82, 2.24) is 5.43 Å². The Morgan fingerprint density at radius 2 is 2.15 bits per heavy atom. The van der Waals surface area contributed by atoms with E-state index in [1.165, 1.54) is 0 Å². The van der Waals surface area contributed by atoms with Gasteiger partial charge in [-0.25, -0.2) is 5.43 Å². The van der Waals surface area contributed by atoms with E-state index in [1.54, 1.807) is 18.4 Å². The number of methoxy groups -OCH3 is 1. The van der Waals surface area contributed by atoms with Crippen LogP contribution in [-0.4, -0.2) is 20.3 Å². The molecular weight excluding hydrogens is 340 g/mol. The van der Waals surface area contributed by atoms with Crippen molar-refractivity contribution in [1.29, 1.82) is 0 Å². The van der Waals surface area contributed by atoms with Crippen LogP contribution in [0, 0.1) is 0 Å². The molecule has 108 valence electrons. The first-order chi connectivity index (χ1) is 9.76. The predicted molar refractivity (Wildman–Crippen MR) is 85.0 cm³/mol. The van der Waals surface area contributed by atoms with Crippen LogP contribution in [0.4, 0.5) is 0 Å². The topological polar surface area (TPSA) is 56.5 Å². The summed E-state index contributed by atoms with van der Waals surface area (Å²) >= 11 is 5.11. The SMILES string of the molecule is COCCOc1ccccc1C(NN)c1cc(Br)cs1. The molecule has 6 heteroatoms. The largest absolute Gasteiger partial charge is 0.491 e. The van der Waals surface area contributed by atoms with Gasteiger partial charge in [-0.1, -0.05) is 18.2 Å². The minimum Gasteiger partial charge on any atom is -0.491 e. The molecule has 4 nitrogen and oxygen atoms in total. The molecular formula is C14H17BrN2O2S. The number of hydrazine groups is 1. The Morgan fingerprint density at radius 3 is 2.80 bits per heavy atom. The first kappa shape index (κ1) is 15.5. The second-order valence-corrected chi connectivity index (χ2v) is 6.00. The Balaban J connectivity index is 2.25. The summed E-state index contributed by atoms with van der Waals surface area (Å²) in [5.41, 5.74) is 3.87. The van der Waals surface area contributed by atoms with Crippen molar-refractivity contribution >= 4 is 27.3 Å². The molecule has 1 aromatic heterocycles. The molecule has 20 heavy (non-hydrogen) atoms. The monoisotopic (exact) mass is 356 g/mol. The number of benzene rings is 1. The van der Waals surface area contributed by atoms with Gasteiger partial charge in [0, 0.05) is 27.4 Å². The molecule has 0 spiro atoms. The van der Waals surface area contributed by atoms with Gasteiger partial charge in [0.15, 0.2) is 0 Å². The molecule has 0 saturated heterocycles. The van der Waals surface area contributed by atoms with Gasteiger partial charge in [-0.2, -0.15) is 0 Å². The number of hydrogen-bond acceptors (Lipinski definition) is 5. The fourth-order valence-corrected chi connectivity index (χ4v) is 3.41. The number of thiophene rings is 1. The minimum absolute atomic E-state index is 0.0926. The van der Waals surface area contributed by atoms with Crippen molar-refractivity contribution in [2.75, 3.05) is 20.3 Å². The Kier molecular flexibility index (Phi) is 6.00. The van der Waals surface area contributed by atoms with Crippen molar-refractivity contribution in [2.24, 2.45) is 5.84 Å². The summed E-state index contributed by atoms with van der Waals surface area (Å²) in [5.74, 6) is 6.55. The Morgan fingerprint density at radius 1 is 1.35 bits per heavy atom. The highest BCUT2D eigenvalue weighted by Gasteiger charge is 2.18. The number of rotatable bonds is 7.